The number of para-hydroxylation sites is 1. The van der Waals surface area contributed by atoms with E-state index in [0.29, 0.717) is 46.7 Å². The molecular formula is C32H27ClF3N3O2S. The molecule has 10 heteroatoms. The molecule has 3 aromatic carbocycles. The van der Waals surface area contributed by atoms with Crippen molar-refractivity contribution in [2.24, 2.45) is 0 Å². The van der Waals surface area contributed by atoms with Gasteiger partial charge in [-0.3, -0.25) is 14.5 Å². The first-order chi connectivity index (χ1) is 20.1. The molecule has 5 nitrogen and oxygen atoms in total. The molecule has 0 spiro atoms. The molecule has 0 aliphatic carbocycles. The maximum Gasteiger partial charge on any atom is 0.418 e. The lowest BCUT2D eigenvalue weighted by Crippen LogP contribution is -2.18. The average Bonchev–Trinajstić information content (AvgIpc) is 3.35. The number of alkyl halides is 3. The number of nitrogens with one attached hydrogen (secondary N) is 2. The van der Waals surface area contributed by atoms with E-state index in [1.807, 2.05) is 56.3 Å². The first kappa shape index (κ1) is 29.5. The molecule has 0 saturated heterocycles. The first-order valence-electron chi connectivity index (χ1n) is 13.2. The zero-order valence-corrected chi connectivity index (χ0v) is 24.4. The number of halogens is 4. The third-order valence-corrected chi connectivity index (χ3v) is 8.18. The molecule has 0 radical (unpaired) electrons. The van der Waals surface area contributed by atoms with Crippen molar-refractivity contribution in [3.05, 3.63) is 112 Å². The van der Waals surface area contributed by atoms with Crippen LogP contribution < -0.4 is 9.46 Å². The molecule has 1 amide bonds. The fourth-order valence-corrected chi connectivity index (χ4v) is 5.56. The minimum Gasteiger partial charge on any atom is -0.494 e. The monoisotopic (exact) mass is 609 g/mol. The Morgan fingerprint density at radius 2 is 1.76 bits per heavy atom. The minimum atomic E-state index is -4.59. The van der Waals surface area contributed by atoms with Gasteiger partial charge in [-0.25, -0.2) is 0 Å². The van der Waals surface area contributed by atoms with Crippen molar-refractivity contribution in [3.8, 4) is 17.0 Å². The van der Waals surface area contributed by atoms with Gasteiger partial charge in [0.1, 0.15) is 11.4 Å². The normalized spacial score (nSPS) is 11.6. The van der Waals surface area contributed by atoms with Crippen molar-refractivity contribution in [2.75, 3.05) is 6.61 Å². The Balaban J connectivity index is 1.48. The van der Waals surface area contributed by atoms with Crippen LogP contribution in [0.1, 0.15) is 39.2 Å². The number of aryl methyl sites for hydroxylation is 3. The van der Waals surface area contributed by atoms with Gasteiger partial charge in [0.25, 0.3) is 5.91 Å². The Hall–Kier alpha value is -3.95. The second-order valence-corrected chi connectivity index (χ2v) is 11.0. The lowest BCUT2D eigenvalue weighted by Gasteiger charge is -2.12. The fourth-order valence-electron chi connectivity index (χ4n) is 4.85. The van der Waals surface area contributed by atoms with Crippen LogP contribution in [0, 0.1) is 13.8 Å². The zero-order valence-electron chi connectivity index (χ0n) is 22.8. The van der Waals surface area contributed by atoms with Crippen LogP contribution in [0.4, 0.5) is 13.2 Å². The number of H-pyrrole nitrogens is 1. The van der Waals surface area contributed by atoms with Gasteiger partial charge < -0.3 is 9.72 Å². The maximum absolute atomic E-state index is 13.9. The van der Waals surface area contributed by atoms with Crippen molar-refractivity contribution in [3.63, 3.8) is 0 Å². The van der Waals surface area contributed by atoms with E-state index in [0.717, 1.165) is 34.0 Å². The van der Waals surface area contributed by atoms with Gasteiger partial charge in [0.2, 0.25) is 0 Å². The molecule has 5 aromatic rings. The van der Waals surface area contributed by atoms with Gasteiger partial charge in [-0.05, 0) is 91.7 Å². The van der Waals surface area contributed by atoms with Crippen molar-refractivity contribution in [1.29, 1.82) is 0 Å². The third kappa shape index (κ3) is 6.42. The van der Waals surface area contributed by atoms with Crippen LogP contribution in [0.3, 0.4) is 0 Å². The van der Waals surface area contributed by atoms with E-state index in [1.165, 1.54) is 12.3 Å². The SMILES string of the molecule is Cc1cc(OCCCc2c(C(=O)NSc3ccccc3)[nH]c3c(-c4ncccc4C(F)(F)F)cccc23)cc(C)c1Cl. The number of carbonyl (C=O) groups is 1. The molecule has 2 aromatic heterocycles. The van der Waals surface area contributed by atoms with Crippen molar-refractivity contribution in [2.45, 2.75) is 37.8 Å². The summed E-state index contributed by atoms with van der Waals surface area (Å²) in [6.45, 7) is 4.19. The lowest BCUT2D eigenvalue weighted by molar-refractivity contribution is -0.137. The lowest BCUT2D eigenvalue weighted by atomic mass is 10.00. The van der Waals surface area contributed by atoms with Crippen LogP contribution in [0.15, 0.2) is 83.9 Å². The van der Waals surface area contributed by atoms with Crippen molar-refractivity contribution < 1.29 is 22.7 Å². The Kier molecular flexibility index (Phi) is 8.80. The van der Waals surface area contributed by atoms with E-state index < -0.39 is 11.7 Å². The molecule has 42 heavy (non-hydrogen) atoms. The van der Waals surface area contributed by atoms with Gasteiger partial charge in [-0.15, -0.1) is 0 Å². The van der Waals surface area contributed by atoms with E-state index in [4.69, 9.17) is 16.3 Å². The topological polar surface area (TPSA) is 67.0 Å². The van der Waals surface area contributed by atoms with Crippen LogP contribution in [0.25, 0.3) is 22.2 Å². The van der Waals surface area contributed by atoms with Crippen molar-refractivity contribution >= 4 is 40.4 Å². The highest BCUT2D eigenvalue weighted by Crippen LogP contribution is 2.39. The highest BCUT2D eigenvalue weighted by Gasteiger charge is 2.35. The molecule has 2 N–H and O–H groups in total. The Labute approximate surface area is 250 Å². The van der Waals surface area contributed by atoms with Gasteiger partial charge in [0.05, 0.1) is 23.4 Å². The molecule has 0 fully saturated rings. The quantitative estimate of drug-likeness (QED) is 0.129. The average molecular weight is 610 g/mol. The maximum atomic E-state index is 13.9. The number of aromatic nitrogens is 2. The summed E-state index contributed by atoms with van der Waals surface area (Å²) in [6, 6.07) is 20.4. The third-order valence-electron chi connectivity index (χ3n) is 6.79. The van der Waals surface area contributed by atoms with Crippen LogP contribution in [0.2, 0.25) is 5.02 Å². The van der Waals surface area contributed by atoms with Gasteiger partial charge in [-0.2, -0.15) is 13.2 Å². The number of hydrogen-bond donors (Lipinski definition) is 2. The second kappa shape index (κ2) is 12.5. The molecule has 5 rings (SSSR count). The number of hydrogen-bond acceptors (Lipinski definition) is 4. The van der Waals surface area contributed by atoms with Crippen LogP contribution in [-0.4, -0.2) is 22.5 Å². The number of amides is 1. The zero-order chi connectivity index (χ0) is 29.9. The first-order valence-corrected chi connectivity index (χ1v) is 14.4. The number of nitrogens with zero attached hydrogens (tertiary/aromatic N) is 1. The molecule has 0 bridgehead atoms. The largest absolute Gasteiger partial charge is 0.494 e. The molecule has 0 saturated carbocycles. The van der Waals surface area contributed by atoms with Gasteiger partial charge in [0, 0.05) is 27.1 Å². The van der Waals surface area contributed by atoms with E-state index in [-0.39, 0.29) is 22.9 Å². The Morgan fingerprint density at radius 1 is 1.02 bits per heavy atom. The van der Waals surface area contributed by atoms with E-state index >= 15 is 0 Å². The Morgan fingerprint density at radius 3 is 2.48 bits per heavy atom. The van der Waals surface area contributed by atoms with E-state index in [1.54, 1.807) is 18.2 Å². The van der Waals surface area contributed by atoms with Gasteiger partial charge in [0.15, 0.2) is 0 Å². The number of rotatable bonds is 9. The van der Waals surface area contributed by atoms with E-state index in [2.05, 4.69) is 14.7 Å². The number of ether oxygens (including phenoxy) is 1. The van der Waals surface area contributed by atoms with Gasteiger partial charge >= 0.3 is 6.18 Å². The van der Waals surface area contributed by atoms with Crippen molar-refractivity contribution in [1.82, 2.24) is 14.7 Å². The van der Waals surface area contributed by atoms with E-state index in [9.17, 15) is 18.0 Å². The standard InChI is InChI=1S/C32H27ClF3N3O2S/c1-19-17-21(18-20(2)27(19)33)41-16-8-13-24-23-11-6-12-25(29-26(32(34,35)36)14-7-15-37-29)28(23)38-30(24)31(40)39-42-22-9-4-3-5-10-22/h3-7,9-12,14-15,17-18,38H,8,13,16H2,1-2H3,(H,39,40). The molecule has 0 aliphatic rings. The molecule has 0 atom stereocenters. The fraction of sp³-hybridized carbons (Fsp3) is 0.188. The minimum absolute atomic E-state index is 0.203. The summed E-state index contributed by atoms with van der Waals surface area (Å²) < 4.78 is 50.5. The number of aromatic amines is 1. The molecule has 216 valence electrons. The predicted octanol–water partition coefficient (Wildman–Crippen LogP) is 8.97. The smallest absolute Gasteiger partial charge is 0.418 e. The predicted molar refractivity (Wildman–Crippen MR) is 161 cm³/mol. The number of carbonyl (C=O) groups excluding carboxylic acids is 1. The summed E-state index contributed by atoms with van der Waals surface area (Å²) in [5.41, 5.74) is 2.43. The Bertz CT molecular complexity index is 1720. The summed E-state index contributed by atoms with van der Waals surface area (Å²) >= 11 is 7.43. The summed E-state index contributed by atoms with van der Waals surface area (Å²) in [6.07, 6.45) is -2.26. The van der Waals surface area contributed by atoms with Crippen LogP contribution in [-0.2, 0) is 12.6 Å². The van der Waals surface area contributed by atoms with Crippen LogP contribution >= 0.6 is 23.5 Å². The number of pyridine rings is 1. The second-order valence-electron chi connectivity index (χ2n) is 9.77. The molecule has 0 unspecified atom stereocenters. The number of fused-ring (bicyclic) bond motifs is 1. The molecule has 0 aliphatic heterocycles. The summed E-state index contributed by atoms with van der Waals surface area (Å²) in [5, 5.41) is 1.35. The summed E-state index contributed by atoms with van der Waals surface area (Å²) in [4.78, 5) is 21.5. The van der Waals surface area contributed by atoms with Crippen LogP contribution in [0.5, 0.6) is 5.75 Å². The van der Waals surface area contributed by atoms with Gasteiger partial charge in [-0.1, -0.05) is 48.0 Å². The number of benzene rings is 3. The summed E-state index contributed by atoms with van der Waals surface area (Å²) in [7, 11) is 0. The highest BCUT2D eigenvalue weighted by atomic mass is 35.5. The molecule has 2 heterocycles. The molecular weight excluding hydrogens is 583 g/mol. The highest BCUT2D eigenvalue weighted by molar-refractivity contribution is 7.98. The summed E-state index contributed by atoms with van der Waals surface area (Å²) in [5.74, 6) is 0.311.